The molecule has 33 heavy (non-hydrogen) atoms. The first-order chi connectivity index (χ1) is 15.9. The molecule has 0 unspecified atom stereocenters. The quantitative estimate of drug-likeness (QED) is 0.525. The van der Waals surface area contributed by atoms with Gasteiger partial charge in [-0.05, 0) is 29.3 Å². The van der Waals surface area contributed by atoms with Gasteiger partial charge < -0.3 is 9.64 Å². The van der Waals surface area contributed by atoms with Gasteiger partial charge in [-0.1, -0.05) is 72.3 Å². The summed E-state index contributed by atoms with van der Waals surface area (Å²) in [5, 5.41) is 0.0864. The number of benzene rings is 3. The van der Waals surface area contributed by atoms with E-state index in [4.69, 9.17) is 16.3 Å². The molecule has 3 aromatic rings. The molecule has 1 amide bonds. The smallest absolute Gasteiger partial charge is 0.254 e. The number of carbonyl (C=O) groups excluding carboxylic acids is 1. The van der Waals surface area contributed by atoms with Crippen LogP contribution in [0.1, 0.15) is 27.5 Å². The van der Waals surface area contributed by atoms with E-state index in [2.05, 4.69) is 0 Å². The monoisotopic (exact) mass is 484 g/mol. The van der Waals surface area contributed by atoms with E-state index >= 15 is 0 Å². The lowest BCUT2D eigenvalue weighted by atomic mass is 9.97. The molecule has 6 nitrogen and oxygen atoms in total. The van der Waals surface area contributed by atoms with Gasteiger partial charge in [-0.25, -0.2) is 8.42 Å². The molecule has 0 radical (unpaired) electrons. The Kier molecular flexibility index (Phi) is 7.14. The van der Waals surface area contributed by atoms with Crippen molar-refractivity contribution < 1.29 is 17.9 Å². The average molecular weight is 485 g/mol. The van der Waals surface area contributed by atoms with Gasteiger partial charge in [-0.2, -0.15) is 4.31 Å². The predicted molar refractivity (Wildman–Crippen MR) is 128 cm³/mol. The summed E-state index contributed by atoms with van der Waals surface area (Å²) in [4.78, 5) is 15.1. The summed E-state index contributed by atoms with van der Waals surface area (Å²) in [6.45, 7) is 1.16. The lowest BCUT2D eigenvalue weighted by Crippen LogP contribution is -2.40. The Morgan fingerprint density at radius 1 is 0.939 bits per heavy atom. The molecule has 1 saturated heterocycles. The van der Waals surface area contributed by atoms with Gasteiger partial charge in [0.25, 0.3) is 5.91 Å². The molecule has 0 N–H and O–H groups in total. The molecule has 0 atom stereocenters. The maximum absolute atomic E-state index is 13.6. The summed E-state index contributed by atoms with van der Waals surface area (Å²) in [6.07, 6.45) is 0. The summed E-state index contributed by atoms with van der Waals surface area (Å²) in [7, 11) is -2.13. The molecule has 8 heteroatoms. The van der Waals surface area contributed by atoms with Crippen LogP contribution in [0.5, 0.6) is 0 Å². The van der Waals surface area contributed by atoms with Crippen molar-refractivity contribution in [3.8, 4) is 0 Å². The minimum absolute atomic E-state index is 0.0683. The molecular formula is C25H25ClN2O4S. The second-order valence-electron chi connectivity index (χ2n) is 7.80. The molecule has 4 rings (SSSR count). The highest BCUT2D eigenvalue weighted by Crippen LogP contribution is 2.31. The third kappa shape index (κ3) is 4.96. The van der Waals surface area contributed by atoms with Crippen LogP contribution in [0.15, 0.2) is 83.8 Å². The first-order valence-corrected chi connectivity index (χ1v) is 12.5. The van der Waals surface area contributed by atoms with Crippen molar-refractivity contribution in [2.75, 3.05) is 33.4 Å². The molecule has 0 bridgehead atoms. The van der Waals surface area contributed by atoms with Crippen molar-refractivity contribution >= 4 is 27.5 Å². The number of halogens is 1. The molecule has 1 aliphatic heterocycles. The van der Waals surface area contributed by atoms with Gasteiger partial charge in [-0.3, -0.25) is 4.79 Å². The van der Waals surface area contributed by atoms with Gasteiger partial charge in [-0.15, -0.1) is 0 Å². The van der Waals surface area contributed by atoms with Gasteiger partial charge >= 0.3 is 0 Å². The Bertz CT molecular complexity index is 1170. The first-order valence-electron chi connectivity index (χ1n) is 10.6. The standard InChI is InChI=1S/C25H25ClN2O4S/c1-27(24(19-8-4-2-5-9-19)20-10-6-3-7-11-20)25(29)21-12-13-22(26)23(18-21)33(30,31)28-14-16-32-17-15-28/h2-13,18,24H,14-17H2,1H3. The van der Waals surface area contributed by atoms with E-state index in [0.29, 0.717) is 13.2 Å². The van der Waals surface area contributed by atoms with Gasteiger partial charge in [0, 0.05) is 25.7 Å². The number of nitrogens with zero attached hydrogens (tertiary/aromatic N) is 2. The fourth-order valence-electron chi connectivity index (χ4n) is 3.99. The number of hydrogen-bond donors (Lipinski definition) is 0. The molecular weight excluding hydrogens is 460 g/mol. The van der Waals surface area contributed by atoms with Crippen molar-refractivity contribution in [3.05, 3.63) is 101 Å². The molecule has 0 saturated carbocycles. The normalized spacial score (nSPS) is 14.9. The van der Waals surface area contributed by atoms with Crippen LogP contribution in [-0.2, 0) is 14.8 Å². The maximum atomic E-state index is 13.6. The number of carbonyl (C=O) groups is 1. The van der Waals surface area contributed by atoms with Crippen LogP contribution in [0.25, 0.3) is 0 Å². The summed E-state index contributed by atoms with van der Waals surface area (Å²) in [5.41, 5.74) is 2.16. The molecule has 3 aromatic carbocycles. The predicted octanol–water partition coefficient (Wildman–Crippen LogP) is 4.22. The highest BCUT2D eigenvalue weighted by atomic mass is 35.5. The minimum atomic E-state index is -3.85. The maximum Gasteiger partial charge on any atom is 0.254 e. The Labute approximate surface area is 199 Å². The SMILES string of the molecule is CN(C(=O)c1ccc(Cl)c(S(=O)(=O)N2CCOCC2)c1)C(c1ccccc1)c1ccccc1. The molecule has 172 valence electrons. The van der Waals surface area contributed by atoms with Crippen LogP contribution in [-0.4, -0.2) is 56.9 Å². The third-order valence-corrected chi connectivity index (χ3v) is 8.08. The largest absolute Gasteiger partial charge is 0.379 e. The topological polar surface area (TPSA) is 66.9 Å². The molecule has 0 aromatic heterocycles. The lowest BCUT2D eigenvalue weighted by molar-refractivity contribution is 0.0729. The summed E-state index contributed by atoms with van der Waals surface area (Å²) < 4.78 is 33.0. The molecule has 0 aliphatic carbocycles. The summed E-state index contributed by atoms with van der Waals surface area (Å²) >= 11 is 6.28. The highest BCUT2D eigenvalue weighted by molar-refractivity contribution is 7.89. The lowest BCUT2D eigenvalue weighted by Gasteiger charge is -2.30. The highest BCUT2D eigenvalue weighted by Gasteiger charge is 2.30. The van der Waals surface area contributed by atoms with Crippen LogP contribution < -0.4 is 0 Å². The number of sulfonamides is 1. The van der Waals surface area contributed by atoms with Crippen molar-refractivity contribution in [2.45, 2.75) is 10.9 Å². The second kappa shape index (κ2) is 10.1. The van der Waals surface area contributed by atoms with Crippen LogP contribution in [0.3, 0.4) is 0 Å². The zero-order valence-corrected chi connectivity index (χ0v) is 19.8. The van der Waals surface area contributed by atoms with Crippen molar-refractivity contribution in [2.24, 2.45) is 0 Å². The third-order valence-electron chi connectivity index (χ3n) is 5.70. The fourth-order valence-corrected chi connectivity index (χ4v) is 5.90. The van der Waals surface area contributed by atoms with E-state index in [-0.39, 0.29) is 40.5 Å². The van der Waals surface area contributed by atoms with E-state index in [1.165, 1.54) is 16.4 Å². The number of amides is 1. The summed E-state index contributed by atoms with van der Waals surface area (Å²) in [6, 6.07) is 23.5. The number of morpholine rings is 1. The molecule has 0 spiro atoms. The molecule has 1 heterocycles. The van der Waals surface area contributed by atoms with Crippen LogP contribution in [0, 0.1) is 0 Å². The van der Waals surface area contributed by atoms with Crippen molar-refractivity contribution in [1.29, 1.82) is 0 Å². The van der Waals surface area contributed by atoms with Crippen LogP contribution >= 0.6 is 11.6 Å². The Morgan fingerprint density at radius 3 is 2.03 bits per heavy atom. The van der Waals surface area contributed by atoms with E-state index < -0.39 is 10.0 Å². The van der Waals surface area contributed by atoms with E-state index in [1.807, 2.05) is 60.7 Å². The Morgan fingerprint density at radius 2 is 1.48 bits per heavy atom. The zero-order valence-electron chi connectivity index (χ0n) is 18.2. The van der Waals surface area contributed by atoms with Gasteiger partial charge in [0.2, 0.25) is 10.0 Å². The van der Waals surface area contributed by atoms with E-state index in [9.17, 15) is 13.2 Å². The number of hydrogen-bond acceptors (Lipinski definition) is 4. The number of ether oxygens (including phenoxy) is 1. The Balaban J connectivity index is 1.70. The van der Waals surface area contributed by atoms with E-state index in [0.717, 1.165) is 11.1 Å². The van der Waals surface area contributed by atoms with Crippen molar-refractivity contribution in [1.82, 2.24) is 9.21 Å². The fraction of sp³-hybridized carbons (Fsp3) is 0.240. The second-order valence-corrected chi connectivity index (χ2v) is 10.1. The summed E-state index contributed by atoms with van der Waals surface area (Å²) in [5.74, 6) is -0.303. The van der Waals surface area contributed by atoms with Gasteiger partial charge in [0.15, 0.2) is 0 Å². The van der Waals surface area contributed by atoms with Crippen LogP contribution in [0.4, 0.5) is 0 Å². The van der Waals surface area contributed by atoms with Crippen molar-refractivity contribution in [3.63, 3.8) is 0 Å². The minimum Gasteiger partial charge on any atom is -0.379 e. The molecule has 1 aliphatic rings. The Hall–Kier alpha value is -2.71. The zero-order chi connectivity index (χ0) is 23.4. The first kappa shape index (κ1) is 23.4. The van der Waals surface area contributed by atoms with Gasteiger partial charge in [0.05, 0.1) is 24.3 Å². The van der Waals surface area contributed by atoms with Gasteiger partial charge in [0.1, 0.15) is 4.90 Å². The number of rotatable bonds is 6. The van der Waals surface area contributed by atoms with E-state index in [1.54, 1.807) is 18.0 Å². The average Bonchev–Trinajstić information content (AvgIpc) is 2.86. The molecule has 1 fully saturated rings. The van der Waals surface area contributed by atoms with Crippen LogP contribution in [0.2, 0.25) is 5.02 Å².